The first-order valence-corrected chi connectivity index (χ1v) is 7.28. The van der Waals surface area contributed by atoms with E-state index in [1.54, 1.807) is 13.8 Å². The van der Waals surface area contributed by atoms with Crippen LogP contribution in [0.15, 0.2) is 17.3 Å². The lowest BCUT2D eigenvalue weighted by atomic mass is 10.4. The Morgan fingerprint density at radius 1 is 1.42 bits per heavy atom. The van der Waals surface area contributed by atoms with Gasteiger partial charge in [0.1, 0.15) is 4.90 Å². The van der Waals surface area contributed by atoms with E-state index in [-0.39, 0.29) is 28.7 Å². The first-order chi connectivity index (χ1) is 8.73. The summed E-state index contributed by atoms with van der Waals surface area (Å²) in [6, 6.07) is -0.0533. The largest absolute Gasteiger partial charge is 0.353 e. The molecule has 1 aromatic heterocycles. The van der Waals surface area contributed by atoms with E-state index < -0.39 is 10.0 Å². The lowest BCUT2D eigenvalue weighted by Gasteiger charge is -2.17. The Morgan fingerprint density at radius 2 is 1.95 bits per heavy atom. The molecule has 0 unspecified atom stereocenters. The van der Waals surface area contributed by atoms with Crippen molar-refractivity contribution >= 4 is 27.5 Å². The summed E-state index contributed by atoms with van der Waals surface area (Å²) in [5.74, 6) is -0.379. The molecule has 0 aliphatic rings. The molecule has 0 aliphatic heterocycles. The molecule has 9 heteroatoms. The number of amides is 1. The summed E-state index contributed by atoms with van der Waals surface area (Å²) in [6.45, 7) is 3.31. The number of nitrogens with zero attached hydrogens (tertiary/aromatic N) is 3. The van der Waals surface area contributed by atoms with Gasteiger partial charge in [-0.3, -0.25) is 4.79 Å². The first-order valence-electron chi connectivity index (χ1n) is 5.46. The van der Waals surface area contributed by atoms with Gasteiger partial charge >= 0.3 is 0 Å². The van der Waals surface area contributed by atoms with Crippen LogP contribution in [0.25, 0.3) is 0 Å². The maximum Gasteiger partial charge on any atom is 0.246 e. The van der Waals surface area contributed by atoms with E-state index in [4.69, 9.17) is 11.6 Å². The fourth-order valence-corrected chi connectivity index (χ4v) is 2.38. The van der Waals surface area contributed by atoms with Crippen LogP contribution in [-0.4, -0.2) is 48.2 Å². The van der Waals surface area contributed by atoms with E-state index in [0.29, 0.717) is 0 Å². The highest BCUT2D eigenvalue weighted by Crippen LogP contribution is 2.12. The van der Waals surface area contributed by atoms with Gasteiger partial charge in [0.25, 0.3) is 0 Å². The number of rotatable bonds is 5. The number of hydrogen-bond donors (Lipinski definition) is 1. The number of likely N-dealkylation sites (N-methyl/N-ethyl adjacent to an activating group) is 1. The number of hydrogen-bond acceptors (Lipinski definition) is 5. The zero-order chi connectivity index (χ0) is 14.6. The number of sulfonamides is 1. The van der Waals surface area contributed by atoms with Crippen molar-refractivity contribution in [2.24, 2.45) is 0 Å². The highest BCUT2D eigenvalue weighted by Gasteiger charge is 2.23. The molecule has 1 heterocycles. The second-order valence-corrected chi connectivity index (χ2v) is 6.55. The van der Waals surface area contributed by atoms with Crippen molar-refractivity contribution in [3.8, 4) is 0 Å². The standard InChI is InChI=1S/C10H15ClN4O3S/c1-7(2)14-9(16)6-15(3)19(17,18)8-4-12-10(11)13-5-8/h4-5,7H,6H2,1-3H3,(H,14,16). The minimum absolute atomic E-state index is 0.0425. The van der Waals surface area contributed by atoms with Gasteiger partial charge in [0.2, 0.25) is 21.2 Å². The molecule has 0 aromatic carbocycles. The molecule has 0 fully saturated rings. The van der Waals surface area contributed by atoms with E-state index in [1.807, 2.05) is 0 Å². The van der Waals surface area contributed by atoms with Crippen LogP contribution in [0, 0.1) is 0 Å². The molecule has 0 bridgehead atoms. The summed E-state index contributed by atoms with van der Waals surface area (Å²) >= 11 is 5.49. The number of halogens is 1. The van der Waals surface area contributed by atoms with Crippen LogP contribution in [0.2, 0.25) is 5.28 Å². The molecule has 7 nitrogen and oxygen atoms in total. The van der Waals surface area contributed by atoms with Gasteiger partial charge in [-0.2, -0.15) is 4.31 Å². The van der Waals surface area contributed by atoms with Crippen LogP contribution in [0.1, 0.15) is 13.8 Å². The molecule has 1 amide bonds. The SMILES string of the molecule is CC(C)NC(=O)CN(C)S(=O)(=O)c1cnc(Cl)nc1. The Labute approximate surface area is 117 Å². The van der Waals surface area contributed by atoms with Crippen molar-refractivity contribution in [1.29, 1.82) is 0 Å². The van der Waals surface area contributed by atoms with Gasteiger partial charge in [0.05, 0.1) is 18.9 Å². The van der Waals surface area contributed by atoms with Gasteiger partial charge in [-0.1, -0.05) is 0 Å². The third-order valence-corrected chi connectivity index (χ3v) is 4.07. The predicted molar refractivity (Wildman–Crippen MR) is 70.1 cm³/mol. The Balaban J connectivity index is 2.83. The Hall–Kier alpha value is -1.25. The molecule has 106 valence electrons. The van der Waals surface area contributed by atoms with Crippen molar-refractivity contribution in [2.45, 2.75) is 24.8 Å². The van der Waals surface area contributed by atoms with Gasteiger partial charge < -0.3 is 5.32 Å². The summed E-state index contributed by atoms with van der Waals surface area (Å²) < 4.78 is 25.1. The molecule has 0 saturated carbocycles. The van der Waals surface area contributed by atoms with Crippen LogP contribution >= 0.6 is 11.6 Å². The third kappa shape index (κ3) is 4.41. The van der Waals surface area contributed by atoms with Crippen LogP contribution in [-0.2, 0) is 14.8 Å². The van der Waals surface area contributed by atoms with E-state index in [2.05, 4.69) is 15.3 Å². The van der Waals surface area contributed by atoms with E-state index >= 15 is 0 Å². The molecule has 0 spiro atoms. The maximum absolute atomic E-state index is 12.1. The number of nitrogens with one attached hydrogen (secondary N) is 1. The quantitative estimate of drug-likeness (QED) is 0.789. The van der Waals surface area contributed by atoms with E-state index in [9.17, 15) is 13.2 Å². The van der Waals surface area contributed by atoms with Crippen molar-refractivity contribution in [3.05, 3.63) is 17.7 Å². The van der Waals surface area contributed by atoms with Crippen LogP contribution < -0.4 is 5.32 Å². The third-order valence-electron chi connectivity index (χ3n) is 2.12. The highest BCUT2D eigenvalue weighted by molar-refractivity contribution is 7.89. The number of aromatic nitrogens is 2. The first kappa shape index (κ1) is 15.8. The lowest BCUT2D eigenvalue weighted by Crippen LogP contribution is -2.40. The van der Waals surface area contributed by atoms with Gasteiger partial charge in [-0.05, 0) is 25.4 Å². The fourth-order valence-electron chi connectivity index (χ4n) is 1.27. The van der Waals surface area contributed by atoms with Crippen molar-refractivity contribution in [1.82, 2.24) is 19.6 Å². The summed E-state index contributed by atoms with van der Waals surface area (Å²) in [7, 11) is -2.49. The Bertz CT molecular complexity index is 544. The minimum atomic E-state index is -3.80. The molecule has 0 aliphatic carbocycles. The molecule has 0 saturated heterocycles. The molecular formula is C10H15ClN4O3S. The smallest absolute Gasteiger partial charge is 0.246 e. The second kappa shape index (κ2) is 6.27. The van der Waals surface area contributed by atoms with Crippen LogP contribution in [0.5, 0.6) is 0 Å². The Morgan fingerprint density at radius 3 is 2.42 bits per heavy atom. The Kier molecular flexibility index (Phi) is 5.21. The number of carbonyl (C=O) groups excluding carboxylic acids is 1. The zero-order valence-electron chi connectivity index (χ0n) is 10.8. The van der Waals surface area contributed by atoms with Crippen molar-refractivity contribution < 1.29 is 13.2 Å². The fraction of sp³-hybridized carbons (Fsp3) is 0.500. The zero-order valence-corrected chi connectivity index (χ0v) is 12.4. The summed E-state index contributed by atoms with van der Waals surface area (Å²) in [4.78, 5) is 18.6. The highest BCUT2D eigenvalue weighted by atomic mass is 35.5. The monoisotopic (exact) mass is 306 g/mol. The normalized spacial score (nSPS) is 11.9. The average molecular weight is 307 g/mol. The summed E-state index contributed by atoms with van der Waals surface area (Å²) in [5.41, 5.74) is 0. The minimum Gasteiger partial charge on any atom is -0.353 e. The average Bonchev–Trinajstić information content (AvgIpc) is 2.28. The second-order valence-electron chi connectivity index (χ2n) is 4.17. The maximum atomic E-state index is 12.1. The van der Waals surface area contributed by atoms with Crippen molar-refractivity contribution in [3.63, 3.8) is 0 Å². The molecule has 1 N–H and O–H groups in total. The van der Waals surface area contributed by atoms with Gasteiger partial charge in [-0.25, -0.2) is 18.4 Å². The van der Waals surface area contributed by atoms with Gasteiger partial charge in [-0.15, -0.1) is 0 Å². The summed E-state index contributed by atoms with van der Waals surface area (Å²) in [6.07, 6.45) is 2.20. The van der Waals surface area contributed by atoms with Crippen molar-refractivity contribution in [2.75, 3.05) is 13.6 Å². The number of carbonyl (C=O) groups is 1. The topological polar surface area (TPSA) is 92.3 Å². The van der Waals surface area contributed by atoms with Gasteiger partial charge in [0, 0.05) is 13.1 Å². The van der Waals surface area contributed by atoms with Crippen LogP contribution in [0.3, 0.4) is 0 Å². The lowest BCUT2D eigenvalue weighted by molar-refractivity contribution is -0.121. The molecule has 1 aromatic rings. The summed E-state index contributed by atoms with van der Waals surface area (Å²) in [5, 5.41) is 2.57. The van der Waals surface area contributed by atoms with Gasteiger partial charge in [0.15, 0.2) is 0 Å². The molecule has 0 atom stereocenters. The predicted octanol–water partition coefficient (Wildman–Crippen LogP) is 0.275. The van der Waals surface area contributed by atoms with Crippen LogP contribution in [0.4, 0.5) is 0 Å². The molecule has 0 radical (unpaired) electrons. The van der Waals surface area contributed by atoms with E-state index in [0.717, 1.165) is 16.7 Å². The van der Waals surface area contributed by atoms with E-state index in [1.165, 1.54) is 7.05 Å². The molecular weight excluding hydrogens is 292 g/mol. The molecule has 1 rings (SSSR count). The molecule has 19 heavy (non-hydrogen) atoms.